The van der Waals surface area contributed by atoms with Gasteiger partial charge in [-0.25, -0.2) is 0 Å². The van der Waals surface area contributed by atoms with Crippen molar-refractivity contribution in [3.8, 4) is 0 Å². The van der Waals surface area contributed by atoms with Crippen molar-refractivity contribution in [2.75, 3.05) is 0 Å². The fourth-order valence-corrected chi connectivity index (χ4v) is 10.7. The molecule has 2 nitrogen and oxygen atoms in total. The van der Waals surface area contributed by atoms with Crippen LogP contribution in [0.5, 0.6) is 0 Å². The van der Waals surface area contributed by atoms with Gasteiger partial charge in [0.15, 0.2) is 0 Å². The molecule has 3 rings (SSSR count). The Hall–Kier alpha value is -1.99. The summed E-state index contributed by atoms with van der Waals surface area (Å²) < 4.78 is 0. The molecule has 0 aliphatic rings. The van der Waals surface area contributed by atoms with Crippen LogP contribution in [0.15, 0.2) is 54.6 Å². The molecule has 3 aromatic rings. The maximum absolute atomic E-state index is 14.1. The van der Waals surface area contributed by atoms with Crippen LogP contribution in [0, 0.1) is 0 Å². The van der Waals surface area contributed by atoms with Gasteiger partial charge < -0.3 is 0 Å². The minimum atomic E-state index is -5.12. The molecule has 250 valence electrons. The summed E-state index contributed by atoms with van der Waals surface area (Å²) in [4.78, 5) is 28.2. The van der Waals surface area contributed by atoms with Crippen molar-refractivity contribution in [3.05, 3.63) is 88.0 Å². The van der Waals surface area contributed by atoms with E-state index >= 15 is 0 Å². The predicted octanol–water partition coefficient (Wildman–Crippen LogP) is 10.1. The van der Waals surface area contributed by atoms with Gasteiger partial charge in [0.05, 0.1) is 0 Å². The zero-order chi connectivity index (χ0) is 35.0. The Morgan fingerprint density at radius 2 is 0.533 bits per heavy atom. The van der Waals surface area contributed by atoms with Crippen LogP contribution in [-0.2, 0) is 32.5 Å². The molecule has 0 aliphatic carbocycles. The number of rotatable bonds is 3. The van der Waals surface area contributed by atoms with Gasteiger partial charge in [-0.05, 0) is 0 Å². The molecule has 0 aliphatic heterocycles. The summed E-state index contributed by atoms with van der Waals surface area (Å²) in [7, 11) is -5.12. The number of hydrogen-bond donors (Lipinski definition) is 2. The molecule has 2 N–H and O–H groups in total. The van der Waals surface area contributed by atoms with E-state index < -0.39 is 7.06 Å². The van der Waals surface area contributed by atoms with Crippen LogP contribution < -0.4 is 15.9 Å². The summed E-state index contributed by atoms with van der Waals surface area (Å²) in [6.07, 6.45) is 0. The van der Waals surface area contributed by atoms with E-state index in [1.165, 1.54) is 16.7 Å². The standard InChI is InChI=1S/C42H65O2P/c1-37(2,3)28-19-22-34(31(25-28)40(10,11)12)45(43,44,35-23-20-29(38(4,5)6)26-32(35)41(13,14)15)36-24-21-30(39(7,8)9)27-33(36)42(16,17)18/h19-27,43-44H,1-18H3. The summed E-state index contributed by atoms with van der Waals surface area (Å²) in [5, 5.41) is 1.93. The first kappa shape index (κ1) is 37.5. The Labute approximate surface area is 277 Å². The molecule has 0 saturated carbocycles. The third-order valence-electron chi connectivity index (χ3n) is 9.38. The van der Waals surface area contributed by atoms with Crippen molar-refractivity contribution in [1.29, 1.82) is 0 Å². The van der Waals surface area contributed by atoms with Gasteiger partial charge in [-0.1, -0.05) is 0 Å². The molecule has 0 amide bonds. The number of hydrogen-bond acceptors (Lipinski definition) is 2. The molecule has 0 unspecified atom stereocenters. The van der Waals surface area contributed by atoms with E-state index in [2.05, 4.69) is 161 Å². The van der Waals surface area contributed by atoms with Crippen molar-refractivity contribution in [1.82, 2.24) is 0 Å². The van der Waals surface area contributed by atoms with E-state index in [4.69, 9.17) is 0 Å². The molecule has 0 heterocycles. The van der Waals surface area contributed by atoms with Crippen molar-refractivity contribution < 1.29 is 9.79 Å². The van der Waals surface area contributed by atoms with Crippen LogP contribution in [0.4, 0.5) is 0 Å². The minimum absolute atomic E-state index is 0.0876. The first-order chi connectivity index (χ1) is 19.8. The van der Waals surface area contributed by atoms with Gasteiger partial charge in [-0.2, -0.15) is 0 Å². The van der Waals surface area contributed by atoms with Gasteiger partial charge in [0.25, 0.3) is 0 Å². The van der Waals surface area contributed by atoms with Gasteiger partial charge in [-0.3, -0.25) is 0 Å². The molecule has 0 bridgehead atoms. The first-order valence-corrected chi connectivity index (χ1v) is 18.9. The SMILES string of the molecule is CC(C)(C)c1ccc(P(O)(O)(c2ccc(C(C)(C)C)cc2C(C)(C)C)c2ccc(C(C)(C)C)cc2C(C)(C)C)c(C(C)(C)C)c1. The van der Waals surface area contributed by atoms with Crippen LogP contribution in [0.2, 0.25) is 0 Å². The van der Waals surface area contributed by atoms with Crippen LogP contribution in [0.25, 0.3) is 0 Å². The second kappa shape index (κ2) is 11.0. The number of benzene rings is 3. The summed E-state index contributed by atoms with van der Waals surface area (Å²) in [6, 6.07) is 19.2. The summed E-state index contributed by atoms with van der Waals surface area (Å²) >= 11 is 0. The summed E-state index contributed by atoms with van der Waals surface area (Å²) in [5.41, 5.74) is 5.23. The Morgan fingerprint density at radius 3 is 0.689 bits per heavy atom. The topological polar surface area (TPSA) is 40.5 Å². The van der Waals surface area contributed by atoms with E-state index in [-0.39, 0.29) is 32.5 Å². The first-order valence-electron chi connectivity index (χ1n) is 16.8. The van der Waals surface area contributed by atoms with Gasteiger partial charge in [0, 0.05) is 0 Å². The van der Waals surface area contributed by atoms with E-state index in [1.807, 2.05) is 18.2 Å². The zero-order valence-corrected chi connectivity index (χ0v) is 32.9. The van der Waals surface area contributed by atoms with Crippen LogP contribution in [0.1, 0.15) is 158 Å². The van der Waals surface area contributed by atoms with Crippen LogP contribution in [-0.4, -0.2) is 9.79 Å². The second-order valence-corrected chi connectivity index (χ2v) is 23.2. The maximum atomic E-state index is 14.1. The van der Waals surface area contributed by atoms with Crippen LogP contribution in [0.3, 0.4) is 0 Å². The molecule has 3 heteroatoms. The third-order valence-corrected chi connectivity index (χ3v) is 13.3. The monoisotopic (exact) mass is 632 g/mol. The van der Waals surface area contributed by atoms with Gasteiger partial charge >= 0.3 is 278 Å². The van der Waals surface area contributed by atoms with Crippen molar-refractivity contribution in [2.45, 2.75) is 157 Å². The Morgan fingerprint density at radius 1 is 0.333 bits per heavy atom. The molecule has 0 aromatic heterocycles. The molecule has 45 heavy (non-hydrogen) atoms. The quantitative estimate of drug-likeness (QED) is 0.282. The zero-order valence-electron chi connectivity index (χ0n) is 32.0. The van der Waals surface area contributed by atoms with Gasteiger partial charge in [0.2, 0.25) is 0 Å². The molecular formula is C42H65O2P. The summed E-state index contributed by atoms with van der Waals surface area (Å²) in [6.45, 7) is 39.7. The fraction of sp³-hybridized carbons (Fsp3) is 0.571. The van der Waals surface area contributed by atoms with Gasteiger partial charge in [0.1, 0.15) is 0 Å². The van der Waals surface area contributed by atoms with Crippen LogP contribution >= 0.6 is 7.06 Å². The molecule has 0 saturated heterocycles. The Balaban J connectivity index is 2.78. The van der Waals surface area contributed by atoms with Gasteiger partial charge in [-0.15, -0.1) is 0 Å². The van der Waals surface area contributed by atoms with Crippen molar-refractivity contribution in [3.63, 3.8) is 0 Å². The van der Waals surface area contributed by atoms with E-state index in [0.717, 1.165) is 16.7 Å². The van der Waals surface area contributed by atoms with E-state index in [1.54, 1.807) is 0 Å². The Bertz CT molecular complexity index is 1370. The summed E-state index contributed by atoms with van der Waals surface area (Å²) in [5.74, 6) is 0. The molecular weight excluding hydrogens is 567 g/mol. The average molecular weight is 633 g/mol. The van der Waals surface area contributed by atoms with Crippen molar-refractivity contribution >= 4 is 23.0 Å². The van der Waals surface area contributed by atoms with Crippen molar-refractivity contribution in [2.24, 2.45) is 0 Å². The molecule has 0 atom stereocenters. The Kier molecular flexibility index (Phi) is 9.19. The normalized spacial score (nSPS) is 15.2. The average Bonchev–Trinajstić information content (AvgIpc) is 2.84. The molecule has 3 aromatic carbocycles. The van der Waals surface area contributed by atoms with E-state index in [0.29, 0.717) is 15.9 Å². The predicted molar refractivity (Wildman–Crippen MR) is 202 cm³/mol. The second-order valence-electron chi connectivity index (χ2n) is 19.7. The molecule has 0 fully saturated rings. The molecule has 0 spiro atoms. The molecule has 0 radical (unpaired) electrons. The third kappa shape index (κ3) is 7.15. The fourth-order valence-electron chi connectivity index (χ4n) is 6.31. The van der Waals surface area contributed by atoms with E-state index in [9.17, 15) is 9.79 Å².